The quantitative estimate of drug-likeness (QED) is 0.510. The standard InChI is InChI=1S/C25H39NO5/c1-5-30-22(28)21(26)25(29)13-10-20-19-7-6-16-14-23(3,31-15(2)27)11-8-17(16)18(19)9-12-24(20,25)4/h16-20,26,29H,5-14H2,1-4H3/t16-,17+,18-,19-,20+,23-,24+,25?/m1/s1. The van der Waals surface area contributed by atoms with Gasteiger partial charge >= 0.3 is 11.9 Å². The van der Waals surface area contributed by atoms with E-state index in [1.807, 2.05) is 0 Å². The number of carbonyl (C=O) groups excluding carboxylic acids is 2. The van der Waals surface area contributed by atoms with Crippen LogP contribution < -0.4 is 0 Å². The zero-order chi connectivity index (χ0) is 22.6. The summed E-state index contributed by atoms with van der Waals surface area (Å²) in [6, 6.07) is 0. The molecule has 4 fully saturated rings. The van der Waals surface area contributed by atoms with Gasteiger partial charge in [-0.05, 0) is 101 Å². The molecule has 2 N–H and O–H groups in total. The van der Waals surface area contributed by atoms with E-state index in [9.17, 15) is 14.7 Å². The lowest BCUT2D eigenvalue weighted by atomic mass is 9.48. The van der Waals surface area contributed by atoms with Gasteiger partial charge in [0.2, 0.25) is 0 Å². The highest BCUT2D eigenvalue weighted by Gasteiger charge is 2.65. The van der Waals surface area contributed by atoms with E-state index in [2.05, 4.69) is 13.8 Å². The molecule has 0 saturated heterocycles. The van der Waals surface area contributed by atoms with Gasteiger partial charge in [-0.25, -0.2) is 4.79 Å². The molecule has 0 bridgehead atoms. The van der Waals surface area contributed by atoms with Crippen molar-refractivity contribution in [1.29, 1.82) is 5.41 Å². The van der Waals surface area contributed by atoms with Crippen molar-refractivity contribution in [2.75, 3.05) is 6.61 Å². The summed E-state index contributed by atoms with van der Waals surface area (Å²) >= 11 is 0. The third-order valence-electron chi connectivity index (χ3n) is 9.65. The number of nitrogens with one attached hydrogen (secondary N) is 1. The van der Waals surface area contributed by atoms with E-state index in [1.165, 1.54) is 6.92 Å². The predicted molar refractivity (Wildman–Crippen MR) is 117 cm³/mol. The molecule has 0 aromatic carbocycles. The maximum Gasteiger partial charge on any atom is 0.355 e. The van der Waals surface area contributed by atoms with Crippen molar-refractivity contribution in [1.82, 2.24) is 0 Å². The second-order valence-corrected chi connectivity index (χ2v) is 11.2. The van der Waals surface area contributed by atoms with E-state index < -0.39 is 17.0 Å². The molecule has 0 spiro atoms. The summed E-state index contributed by atoms with van der Waals surface area (Å²) in [7, 11) is 0. The minimum absolute atomic E-state index is 0.183. The first-order valence-corrected chi connectivity index (χ1v) is 12.2. The summed E-state index contributed by atoms with van der Waals surface area (Å²) in [5.74, 6) is 1.92. The lowest BCUT2D eigenvalue weighted by Crippen LogP contribution is -2.58. The molecule has 0 aromatic heterocycles. The molecule has 0 aliphatic heterocycles. The van der Waals surface area contributed by atoms with Crippen LogP contribution in [0.15, 0.2) is 0 Å². The Hall–Kier alpha value is -1.43. The summed E-state index contributed by atoms with van der Waals surface area (Å²) in [4.78, 5) is 23.9. The van der Waals surface area contributed by atoms with Crippen LogP contribution in [0.25, 0.3) is 0 Å². The molecule has 4 saturated carbocycles. The molecular weight excluding hydrogens is 394 g/mol. The Bertz CT molecular complexity index is 767. The highest BCUT2D eigenvalue weighted by molar-refractivity contribution is 6.38. The summed E-state index contributed by atoms with van der Waals surface area (Å²) in [5.41, 5.74) is -2.40. The number of carbonyl (C=O) groups is 2. The molecule has 8 atom stereocenters. The second-order valence-electron chi connectivity index (χ2n) is 11.2. The van der Waals surface area contributed by atoms with E-state index >= 15 is 0 Å². The maximum absolute atomic E-state index is 12.3. The zero-order valence-corrected chi connectivity index (χ0v) is 19.5. The minimum atomic E-state index is -1.38. The van der Waals surface area contributed by atoms with Gasteiger partial charge in [0.05, 0.1) is 6.61 Å². The van der Waals surface area contributed by atoms with Crippen molar-refractivity contribution < 1.29 is 24.2 Å². The van der Waals surface area contributed by atoms with Crippen LogP contribution >= 0.6 is 0 Å². The van der Waals surface area contributed by atoms with Crippen molar-refractivity contribution in [2.24, 2.45) is 35.0 Å². The van der Waals surface area contributed by atoms with E-state index in [-0.39, 0.29) is 23.9 Å². The number of fused-ring (bicyclic) bond motifs is 5. The normalized spacial score (nSPS) is 46.3. The monoisotopic (exact) mass is 433 g/mol. The molecule has 6 heteroatoms. The number of rotatable bonds is 4. The molecule has 6 nitrogen and oxygen atoms in total. The second kappa shape index (κ2) is 7.86. The average molecular weight is 434 g/mol. The Morgan fingerprint density at radius 3 is 2.39 bits per heavy atom. The van der Waals surface area contributed by atoms with Crippen LogP contribution in [-0.2, 0) is 19.1 Å². The van der Waals surface area contributed by atoms with Gasteiger partial charge < -0.3 is 14.6 Å². The van der Waals surface area contributed by atoms with Crippen LogP contribution in [0, 0.1) is 40.4 Å². The van der Waals surface area contributed by atoms with Gasteiger partial charge in [0, 0.05) is 12.3 Å². The third kappa shape index (κ3) is 3.53. The smallest absolute Gasteiger partial charge is 0.355 e. The van der Waals surface area contributed by atoms with Gasteiger partial charge in [0.1, 0.15) is 16.9 Å². The largest absolute Gasteiger partial charge is 0.461 e. The number of aliphatic hydroxyl groups is 1. The van der Waals surface area contributed by atoms with Gasteiger partial charge in [-0.15, -0.1) is 0 Å². The molecule has 0 aromatic rings. The van der Waals surface area contributed by atoms with Crippen LogP contribution in [0.4, 0.5) is 0 Å². The van der Waals surface area contributed by atoms with Crippen molar-refractivity contribution in [2.45, 2.75) is 96.7 Å². The van der Waals surface area contributed by atoms with E-state index in [0.29, 0.717) is 36.0 Å². The molecule has 0 amide bonds. The number of hydrogen-bond acceptors (Lipinski definition) is 6. The van der Waals surface area contributed by atoms with Crippen LogP contribution in [0.5, 0.6) is 0 Å². The fraction of sp³-hybridized carbons (Fsp3) is 0.880. The van der Waals surface area contributed by atoms with Crippen LogP contribution in [0.2, 0.25) is 0 Å². The first-order chi connectivity index (χ1) is 14.5. The molecule has 4 rings (SSSR count). The average Bonchev–Trinajstić information content (AvgIpc) is 2.98. The Labute approximate surface area is 186 Å². The molecular formula is C25H39NO5. The molecule has 4 aliphatic carbocycles. The first kappa shape index (κ1) is 22.8. The van der Waals surface area contributed by atoms with E-state index in [1.54, 1.807) is 6.92 Å². The molecule has 4 aliphatic rings. The summed E-state index contributed by atoms with van der Waals surface area (Å²) in [6.07, 6.45) is 8.50. The van der Waals surface area contributed by atoms with E-state index in [4.69, 9.17) is 14.9 Å². The van der Waals surface area contributed by atoms with Crippen molar-refractivity contribution in [3.05, 3.63) is 0 Å². The highest BCUT2D eigenvalue weighted by Crippen LogP contribution is 2.66. The molecule has 0 heterocycles. The van der Waals surface area contributed by atoms with Crippen LogP contribution in [0.1, 0.15) is 85.5 Å². The van der Waals surface area contributed by atoms with Gasteiger partial charge in [0.15, 0.2) is 0 Å². The van der Waals surface area contributed by atoms with Crippen molar-refractivity contribution >= 4 is 17.7 Å². The van der Waals surface area contributed by atoms with Crippen molar-refractivity contribution in [3.8, 4) is 0 Å². The number of ether oxygens (including phenoxy) is 2. The van der Waals surface area contributed by atoms with Gasteiger partial charge in [-0.1, -0.05) is 6.92 Å². The fourth-order valence-corrected chi connectivity index (χ4v) is 8.30. The Morgan fingerprint density at radius 1 is 1.00 bits per heavy atom. The van der Waals surface area contributed by atoms with Crippen molar-refractivity contribution in [3.63, 3.8) is 0 Å². The first-order valence-electron chi connectivity index (χ1n) is 12.2. The molecule has 31 heavy (non-hydrogen) atoms. The predicted octanol–water partition coefficient (Wildman–Crippen LogP) is 4.27. The lowest BCUT2D eigenvalue weighted by Gasteiger charge is -2.58. The fourth-order valence-electron chi connectivity index (χ4n) is 8.30. The number of esters is 2. The lowest BCUT2D eigenvalue weighted by molar-refractivity contribution is -0.167. The molecule has 1 unspecified atom stereocenters. The summed E-state index contributed by atoms with van der Waals surface area (Å²) in [5, 5.41) is 20.1. The summed E-state index contributed by atoms with van der Waals surface area (Å²) < 4.78 is 10.8. The zero-order valence-electron chi connectivity index (χ0n) is 19.5. The maximum atomic E-state index is 12.3. The minimum Gasteiger partial charge on any atom is -0.461 e. The Morgan fingerprint density at radius 2 is 1.71 bits per heavy atom. The third-order valence-corrected chi connectivity index (χ3v) is 9.65. The topological polar surface area (TPSA) is 96.7 Å². The highest BCUT2D eigenvalue weighted by atomic mass is 16.6. The molecule has 174 valence electrons. The molecule has 0 radical (unpaired) electrons. The van der Waals surface area contributed by atoms with Gasteiger partial charge in [-0.3, -0.25) is 10.2 Å². The van der Waals surface area contributed by atoms with Crippen LogP contribution in [-0.4, -0.2) is 40.6 Å². The van der Waals surface area contributed by atoms with Crippen LogP contribution in [0.3, 0.4) is 0 Å². The summed E-state index contributed by atoms with van der Waals surface area (Å²) in [6.45, 7) is 7.66. The Kier molecular flexibility index (Phi) is 5.77. The Balaban J connectivity index is 1.51. The van der Waals surface area contributed by atoms with E-state index in [0.717, 1.165) is 51.4 Å². The van der Waals surface area contributed by atoms with Gasteiger partial charge in [-0.2, -0.15) is 0 Å². The number of hydrogen-bond donors (Lipinski definition) is 2. The SMILES string of the molecule is CCOC(=O)C(=N)C1(O)CC[C@H]2[C@@H]3CC[C@@H]4C[C@](C)(OC(C)=O)CC[C@@H]4[C@H]3CC[C@@]21C. The van der Waals surface area contributed by atoms with Gasteiger partial charge in [0.25, 0.3) is 0 Å².